The van der Waals surface area contributed by atoms with Gasteiger partial charge in [0.2, 0.25) is 5.70 Å². The fraction of sp³-hybridized carbons (Fsp3) is 0. The molecule has 0 amide bonds. The number of carbonyl (C=O) groups is 1. The number of aliphatic carboxylic acids is 1. The zero-order valence-corrected chi connectivity index (χ0v) is 9.99. The highest BCUT2D eigenvalue weighted by Gasteiger charge is 2.18. The van der Waals surface area contributed by atoms with Crippen molar-refractivity contribution in [1.29, 1.82) is 0 Å². The number of hydrogen-bond acceptors (Lipinski definition) is 4. The van der Waals surface area contributed by atoms with Gasteiger partial charge in [0.1, 0.15) is 0 Å². The molecule has 5 nitrogen and oxygen atoms in total. The Morgan fingerprint density at radius 1 is 1.38 bits per heavy atom. The Labute approximate surface area is 103 Å². The summed E-state index contributed by atoms with van der Waals surface area (Å²) in [6, 6.07) is 4.37. The first-order valence-corrected chi connectivity index (χ1v) is 5.09. The molecule has 0 bridgehead atoms. The zero-order valence-electron chi connectivity index (χ0n) is 7.65. The van der Waals surface area contributed by atoms with Gasteiger partial charge in [0.25, 0.3) is 0 Å². The van der Waals surface area contributed by atoms with Gasteiger partial charge in [0.15, 0.2) is 5.76 Å². The normalized spacial score (nSPS) is 11.9. The number of carboxylic acids is 1. The first kappa shape index (κ1) is 12.7. The molecule has 0 aliphatic rings. The summed E-state index contributed by atoms with van der Waals surface area (Å²) in [5, 5.41) is 20.5. The van der Waals surface area contributed by atoms with E-state index < -0.39 is 17.4 Å². The Morgan fingerprint density at radius 2 is 2.00 bits per heavy atom. The van der Waals surface area contributed by atoms with Crippen LogP contribution in [-0.2, 0) is 4.79 Å². The summed E-state index contributed by atoms with van der Waals surface area (Å²) in [7, 11) is 0. The molecule has 1 aromatic rings. The van der Waals surface area contributed by atoms with Gasteiger partial charge < -0.3 is 10.2 Å². The summed E-state index contributed by atoms with van der Waals surface area (Å²) in [6.45, 7) is 0. The van der Waals surface area contributed by atoms with Crippen LogP contribution >= 0.6 is 27.5 Å². The predicted molar refractivity (Wildman–Crippen MR) is 62.1 cm³/mol. The van der Waals surface area contributed by atoms with Crippen molar-refractivity contribution in [2.75, 3.05) is 0 Å². The van der Waals surface area contributed by atoms with Gasteiger partial charge in [-0.1, -0.05) is 27.5 Å². The highest BCUT2D eigenvalue weighted by Crippen LogP contribution is 2.27. The summed E-state index contributed by atoms with van der Waals surface area (Å²) >= 11 is 8.91. The standard InChI is InChI=1S/C9H5BrClNO4/c10-4-1-2-5(6(11)3-4)8(13)7(12-16)9(14)15/h1-3,13H,(H,14,15). The third-order valence-corrected chi connectivity index (χ3v) is 2.51. The highest BCUT2D eigenvalue weighted by atomic mass is 79.9. The van der Waals surface area contributed by atoms with Crippen molar-refractivity contribution in [2.24, 2.45) is 5.18 Å². The quantitative estimate of drug-likeness (QED) is 0.510. The molecule has 0 aliphatic carbocycles. The molecule has 2 N–H and O–H groups in total. The lowest BCUT2D eigenvalue weighted by Gasteiger charge is -2.04. The molecular weight excluding hydrogens is 301 g/mol. The van der Waals surface area contributed by atoms with Gasteiger partial charge in [-0.25, -0.2) is 4.79 Å². The Bertz CT molecular complexity index is 486. The van der Waals surface area contributed by atoms with Crippen LogP contribution in [0.2, 0.25) is 5.02 Å². The van der Waals surface area contributed by atoms with Crippen LogP contribution in [0.25, 0.3) is 5.76 Å². The van der Waals surface area contributed by atoms with Gasteiger partial charge in [0, 0.05) is 10.0 Å². The first-order chi connectivity index (χ1) is 7.47. The molecule has 0 fully saturated rings. The minimum Gasteiger partial charge on any atom is -0.505 e. The van der Waals surface area contributed by atoms with Crippen LogP contribution in [-0.4, -0.2) is 16.2 Å². The van der Waals surface area contributed by atoms with E-state index in [2.05, 4.69) is 21.1 Å². The van der Waals surface area contributed by atoms with Gasteiger partial charge in [-0.2, -0.15) is 0 Å². The van der Waals surface area contributed by atoms with E-state index in [4.69, 9.17) is 16.7 Å². The molecule has 0 atom stereocenters. The number of hydrogen-bond donors (Lipinski definition) is 2. The maximum atomic E-state index is 10.6. The van der Waals surface area contributed by atoms with Crippen molar-refractivity contribution in [2.45, 2.75) is 0 Å². The largest absolute Gasteiger partial charge is 0.505 e. The van der Waals surface area contributed by atoms with Crippen molar-refractivity contribution in [3.05, 3.63) is 43.9 Å². The first-order valence-electron chi connectivity index (χ1n) is 3.92. The second-order valence-electron chi connectivity index (χ2n) is 2.72. The number of carboxylic acid groups (broad SMARTS) is 1. The minimum absolute atomic E-state index is 0.0295. The van der Waals surface area contributed by atoms with Crippen LogP contribution in [0.3, 0.4) is 0 Å². The van der Waals surface area contributed by atoms with Crippen molar-refractivity contribution in [1.82, 2.24) is 0 Å². The molecule has 0 radical (unpaired) electrons. The van der Waals surface area contributed by atoms with E-state index in [1.54, 1.807) is 6.07 Å². The molecule has 16 heavy (non-hydrogen) atoms. The number of aliphatic hydroxyl groups is 1. The number of aliphatic hydroxyl groups excluding tert-OH is 1. The SMILES string of the molecule is O=NC(C(=O)O)=C(O)c1ccc(Br)cc1Cl. The lowest BCUT2D eigenvalue weighted by atomic mass is 10.1. The van der Waals surface area contributed by atoms with Gasteiger partial charge in [0.05, 0.1) is 5.02 Å². The Morgan fingerprint density at radius 3 is 2.44 bits per heavy atom. The maximum Gasteiger partial charge on any atom is 0.362 e. The van der Waals surface area contributed by atoms with E-state index in [0.29, 0.717) is 4.47 Å². The summed E-state index contributed by atoms with van der Waals surface area (Å²) in [6.07, 6.45) is 0. The second kappa shape index (κ2) is 5.09. The number of benzene rings is 1. The molecule has 7 heteroatoms. The lowest BCUT2D eigenvalue weighted by molar-refractivity contribution is -0.132. The summed E-state index contributed by atoms with van der Waals surface area (Å²) in [5.74, 6) is -2.38. The maximum absolute atomic E-state index is 10.6. The molecule has 1 rings (SSSR count). The predicted octanol–water partition coefficient (Wildman–Crippen LogP) is 3.18. The topological polar surface area (TPSA) is 87.0 Å². The smallest absolute Gasteiger partial charge is 0.362 e. The molecule has 84 valence electrons. The van der Waals surface area contributed by atoms with Crippen molar-refractivity contribution in [3.63, 3.8) is 0 Å². The molecule has 0 unspecified atom stereocenters. The number of halogens is 2. The molecule has 0 saturated carbocycles. The van der Waals surface area contributed by atoms with E-state index >= 15 is 0 Å². The number of nitrogens with zero attached hydrogens (tertiary/aromatic N) is 1. The average molecular weight is 306 g/mol. The lowest BCUT2D eigenvalue weighted by Crippen LogP contribution is -2.01. The third-order valence-electron chi connectivity index (χ3n) is 1.70. The molecule has 0 saturated heterocycles. The van der Waals surface area contributed by atoms with Crippen molar-refractivity contribution < 1.29 is 15.0 Å². The Kier molecular flexibility index (Phi) is 4.03. The van der Waals surface area contributed by atoms with Crippen LogP contribution < -0.4 is 0 Å². The van der Waals surface area contributed by atoms with Crippen LogP contribution in [0.5, 0.6) is 0 Å². The molecule has 0 spiro atoms. The van der Waals surface area contributed by atoms with E-state index in [1.165, 1.54) is 12.1 Å². The minimum atomic E-state index is -1.62. The van der Waals surface area contributed by atoms with Gasteiger partial charge in [-0.15, -0.1) is 4.91 Å². The molecule has 0 aromatic heterocycles. The molecule has 0 heterocycles. The van der Waals surface area contributed by atoms with E-state index in [0.717, 1.165) is 0 Å². The average Bonchev–Trinajstić information content (AvgIpc) is 2.17. The Balaban J connectivity index is 3.38. The van der Waals surface area contributed by atoms with Crippen molar-refractivity contribution in [3.8, 4) is 0 Å². The fourth-order valence-electron chi connectivity index (χ4n) is 0.993. The molecule has 0 aliphatic heterocycles. The van der Waals surface area contributed by atoms with Crippen molar-refractivity contribution >= 4 is 39.3 Å². The van der Waals surface area contributed by atoms with Gasteiger partial charge in [-0.3, -0.25) is 0 Å². The van der Waals surface area contributed by atoms with Crippen LogP contribution in [0.1, 0.15) is 5.56 Å². The monoisotopic (exact) mass is 305 g/mol. The highest BCUT2D eigenvalue weighted by molar-refractivity contribution is 9.10. The fourth-order valence-corrected chi connectivity index (χ4v) is 1.76. The van der Waals surface area contributed by atoms with E-state index in [1.807, 2.05) is 0 Å². The number of nitroso groups, excluding NO2 is 1. The van der Waals surface area contributed by atoms with E-state index in [9.17, 15) is 14.8 Å². The van der Waals surface area contributed by atoms with Crippen LogP contribution in [0.15, 0.2) is 33.5 Å². The summed E-state index contributed by atoms with van der Waals surface area (Å²) in [4.78, 5) is 20.8. The van der Waals surface area contributed by atoms with E-state index in [-0.39, 0.29) is 10.6 Å². The summed E-state index contributed by atoms with van der Waals surface area (Å²) in [5.41, 5.74) is -0.953. The molecular formula is C9H5BrClNO4. The van der Waals surface area contributed by atoms with Crippen LogP contribution in [0.4, 0.5) is 0 Å². The zero-order chi connectivity index (χ0) is 12.3. The van der Waals surface area contributed by atoms with Gasteiger partial charge in [-0.05, 0) is 23.4 Å². The second-order valence-corrected chi connectivity index (χ2v) is 4.04. The Hall–Kier alpha value is -1.40. The molecule has 1 aromatic carbocycles. The number of rotatable bonds is 3. The third kappa shape index (κ3) is 2.59. The summed E-state index contributed by atoms with van der Waals surface area (Å²) < 4.78 is 0.657. The van der Waals surface area contributed by atoms with Crippen LogP contribution in [0, 0.1) is 4.91 Å². The van der Waals surface area contributed by atoms with Gasteiger partial charge >= 0.3 is 5.97 Å².